The van der Waals surface area contributed by atoms with Gasteiger partial charge in [0, 0.05) is 44.1 Å². The van der Waals surface area contributed by atoms with Gasteiger partial charge in [-0.1, -0.05) is 11.6 Å². The Labute approximate surface area is 194 Å². The molecule has 11 heteroatoms. The lowest BCUT2D eigenvalue weighted by Gasteiger charge is -2.12. The first-order valence-corrected chi connectivity index (χ1v) is 10.9. The molecule has 0 radical (unpaired) electrons. The normalized spacial score (nSPS) is 15.8. The Bertz CT molecular complexity index is 1340. The fraction of sp³-hybridized carbons (Fsp3) is 0.273. The van der Waals surface area contributed by atoms with E-state index in [-0.39, 0.29) is 5.92 Å². The second-order valence-corrected chi connectivity index (χ2v) is 8.12. The van der Waals surface area contributed by atoms with Gasteiger partial charge < -0.3 is 15.5 Å². The lowest BCUT2D eigenvalue weighted by Crippen LogP contribution is -2.13. The van der Waals surface area contributed by atoms with Crippen molar-refractivity contribution in [1.29, 1.82) is 5.41 Å². The SMILES string of the molecule is CN=C(CC=N)Nc1cc(-c2cc3n4c(nnc4c2)C(Cn2cc(Cl)cn2)CCO3)ccn1. The highest BCUT2D eigenvalue weighted by atomic mass is 35.5. The molecule has 0 amide bonds. The molecule has 0 fully saturated rings. The molecule has 1 unspecified atom stereocenters. The van der Waals surface area contributed by atoms with Gasteiger partial charge in [-0.3, -0.25) is 9.67 Å². The summed E-state index contributed by atoms with van der Waals surface area (Å²) in [6.07, 6.45) is 7.68. The van der Waals surface area contributed by atoms with Gasteiger partial charge in [0.2, 0.25) is 5.88 Å². The maximum atomic E-state index is 7.30. The average Bonchev–Trinajstić information content (AvgIpc) is 3.39. The van der Waals surface area contributed by atoms with E-state index < -0.39 is 0 Å². The Morgan fingerprint density at radius 2 is 2.24 bits per heavy atom. The van der Waals surface area contributed by atoms with Crippen molar-refractivity contribution in [2.75, 3.05) is 19.0 Å². The Morgan fingerprint density at radius 3 is 3.03 bits per heavy atom. The third kappa shape index (κ3) is 4.29. The van der Waals surface area contributed by atoms with Crippen LogP contribution in [0.15, 0.2) is 47.8 Å². The Morgan fingerprint density at radius 1 is 1.33 bits per heavy atom. The Balaban J connectivity index is 1.48. The monoisotopic (exact) mass is 463 g/mol. The van der Waals surface area contributed by atoms with Crippen molar-refractivity contribution in [1.82, 2.24) is 29.4 Å². The van der Waals surface area contributed by atoms with Gasteiger partial charge in [-0.15, -0.1) is 10.2 Å². The number of aromatic nitrogens is 6. The van der Waals surface area contributed by atoms with E-state index in [2.05, 4.69) is 30.6 Å². The second kappa shape index (κ2) is 8.99. The third-order valence-corrected chi connectivity index (χ3v) is 5.71. The molecule has 5 rings (SSSR count). The van der Waals surface area contributed by atoms with Crippen LogP contribution in [0, 0.1) is 5.41 Å². The number of hydrogen-bond donors (Lipinski definition) is 2. The van der Waals surface area contributed by atoms with Crippen LogP contribution in [-0.4, -0.2) is 55.1 Å². The van der Waals surface area contributed by atoms with Gasteiger partial charge in [-0.2, -0.15) is 5.10 Å². The van der Waals surface area contributed by atoms with E-state index in [9.17, 15) is 0 Å². The molecule has 0 spiro atoms. The summed E-state index contributed by atoms with van der Waals surface area (Å²) in [7, 11) is 1.69. The summed E-state index contributed by atoms with van der Waals surface area (Å²) in [6, 6.07) is 7.85. The van der Waals surface area contributed by atoms with Gasteiger partial charge in [0.1, 0.15) is 17.5 Å². The highest BCUT2D eigenvalue weighted by molar-refractivity contribution is 6.30. The molecule has 0 saturated heterocycles. The number of hydrogen-bond acceptors (Lipinski definition) is 7. The molecular formula is C22H22ClN9O. The molecular weight excluding hydrogens is 442 g/mol. The van der Waals surface area contributed by atoms with Crippen molar-refractivity contribution < 1.29 is 4.74 Å². The molecule has 168 valence electrons. The van der Waals surface area contributed by atoms with E-state index in [1.807, 2.05) is 33.3 Å². The summed E-state index contributed by atoms with van der Waals surface area (Å²) >= 11 is 6.02. The quantitative estimate of drug-likeness (QED) is 0.332. The zero-order chi connectivity index (χ0) is 22.8. The maximum absolute atomic E-state index is 7.30. The zero-order valence-corrected chi connectivity index (χ0v) is 18.7. The minimum Gasteiger partial charge on any atom is -0.478 e. The van der Waals surface area contributed by atoms with Crippen molar-refractivity contribution in [2.45, 2.75) is 25.3 Å². The maximum Gasteiger partial charge on any atom is 0.201 e. The number of aliphatic imine (C=N–C) groups is 1. The summed E-state index contributed by atoms with van der Waals surface area (Å²) < 4.78 is 9.91. The summed E-state index contributed by atoms with van der Waals surface area (Å²) in [5.41, 5.74) is 2.62. The molecule has 10 nitrogen and oxygen atoms in total. The number of anilines is 1. The number of pyridine rings is 2. The molecule has 0 aromatic carbocycles. The van der Waals surface area contributed by atoms with E-state index in [1.54, 1.807) is 25.6 Å². The third-order valence-electron chi connectivity index (χ3n) is 5.52. The van der Waals surface area contributed by atoms with Crippen LogP contribution >= 0.6 is 11.6 Å². The van der Waals surface area contributed by atoms with E-state index in [1.165, 1.54) is 6.21 Å². The van der Waals surface area contributed by atoms with Gasteiger partial charge in [0.15, 0.2) is 5.65 Å². The van der Waals surface area contributed by atoms with Gasteiger partial charge in [-0.25, -0.2) is 9.38 Å². The predicted octanol–water partition coefficient (Wildman–Crippen LogP) is 3.69. The molecule has 0 bridgehead atoms. The van der Waals surface area contributed by atoms with Crippen molar-refractivity contribution >= 4 is 35.1 Å². The van der Waals surface area contributed by atoms with Crippen LogP contribution in [-0.2, 0) is 6.54 Å². The molecule has 2 N–H and O–H groups in total. The zero-order valence-electron chi connectivity index (χ0n) is 17.9. The summed E-state index contributed by atoms with van der Waals surface area (Å²) in [5, 5.41) is 24.3. The molecule has 0 saturated carbocycles. The van der Waals surface area contributed by atoms with Crippen LogP contribution in [0.25, 0.3) is 16.8 Å². The van der Waals surface area contributed by atoms with E-state index in [4.69, 9.17) is 21.7 Å². The topological polar surface area (TPSA) is 118 Å². The average molecular weight is 464 g/mol. The van der Waals surface area contributed by atoms with Gasteiger partial charge in [-0.05, 0) is 35.7 Å². The minimum atomic E-state index is 0.0976. The molecule has 1 aliphatic rings. The van der Waals surface area contributed by atoms with Gasteiger partial charge in [0.25, 0.3) is 0 Å². The van der Waals surface area contributed by atoms with Gasteiger partial charge >= 0.3 is 0 Å². The standard InChI is InChI=1S/C22H22ClN9O/c1-25-18(2-5-24)28-19-8-14(3-6-26-19)16-9-20-29-30-22-15(12-31-13-17(23)11-27-31)4-7-33-21(10-16)32(20)22/h3,5-6,8-11,13,15,24H,2,4,7,12H2,1H3,(H,25,26,28). The molecule has 1 atom stereocenters. The summed E-state index contributed by atoms with van der Waals surface area (Å²) in [6.45, 7) is 1.21. The first-order chi connectivity index (χ1) is 16.1. The number of amidine groups is 1. The van der Waals surface area contributed by atoms with Crippen LogP contribution in [0.4, 0.5) is 5.82 Å². The Kier molecular flexibility index (Phi) is 5.74. The van der Waals surface area contributed by atoms with E-state index in [0.717, 1.165) is 23.4 Å². The van der Waals surface area contributed by atoms with Crippen molar-refractivity contribution in [3.63, 3.8) is 0 Å². The first kappa shape index (κ1) is 21.1. The van der Waals surface area contributed by atoms with Crippen LogP contribution < -0.4 is 10.1 Å². The highest BCUT2D eigenvalue weighted by Crippen LogP contribution is 2.33. The predicted molar refractivity (Wildman–Crippen MR) is 127 cm³/mol. The number of ether oxygens (including phenoxy) is 1. The molecule has 4 aromatic heterocycles. The molecule has 1 aliphatic heterocycles. The van der Waals surface area contributed by atoms with Crippen LogP contribution in [0.1, 0.15) is 24.6 Å². The van der Waals surface area contributed by atoms with Crippen LogP contribution in [0.5, 0.6) is 5.88 Å². The van der Waals surface area contributed by atoms with Crippen LogP contribution in [0.2, 0.25) is 5.02 Å². The largest absolute Gasteiger partial charge is 0.478 e. The second-order valence-electron chi connectivity index (χ2n) is 7.68. The van der Waals surface area contributed by atoms with Crippen molar-refractivity contribution in [3.05, 3.63) is 53.7 Å². The number of rotatable bonds is 6. The molecule has 4 aromatic rings. The summed E-state index contributed by atoms with van der Waals surface area (Å²) in [5.74, 6) is 2.98. The van der Waals surface area contributed by atoms with Crippen LogP contribution in [0.3, 0.4) is 0 Å². The number of halogens is 1. The van der Waals surface area contributed by atoms with E-state index in [0.29, 0.717) is 47.8 Å². The van der Waals surface area contributed by atoms with E-state index >= 15 is 0 Å². The smallest absolute Gasteiger partial charge is 0.201 e. The highest BCUT2D eigenvalue weighted by Gasteiger charge is 2.25. The minimum absolute atomic E-state index is 0.0976. The fourth-order valence-corrected chi connectivity index (χ4v) is 4.09. The number of nitrogens with one attached hydrogen (secondary N) is 2. The van der Waals surface area contributed by atoms with Crippen molar-refractivity contribution in [3.8, 4) is 17.0 Å². The first-order valence-electron chi connectivity index (χ1n) is 10.5. The lowest BCUT2D eigenvalue weighted by molar-refractivity contribution is 0.291. The summed E-state index contributed by atoms with van der Waals surface area (Å²) in [4.78, 5) is 8.53. The van der Waals surface area contributed by atoms with Crippen molar-refractivity contribution in [2.24, 2.45) is 4.99 Å². The molecule has 33 heavy (non-hydrogen) atoms. The number of nitrogens with zero attached hydrogens (tertiary/aromatic N) is 7. The lowest BCUT2D eigenvalue weighted by atomic mass is 10.1. The molecule has 0 aliphatic carbocycles. The van der Waals surface area contributed by atoms with Gasteiger partial charge in [0.05, 0.1) is 24.4 Å². The molecule has 5 heterocycles. The Hall–Kier alpha value is -3.79. The fourth-order valence-electron chi connectivity index (χ4n) is 3.94.